The van der Waals surface area contributed by atoms with Gasteiger partial charge in [0.15, 0.2) is 0 Å². The number of carbonyl (C=O) groups excluding carboxylic acids is 2. The van der Waals surface area contributed by atoms with Gasteiger partial charge in [0.1, 0.15) is 6.04 Å². The molecule has 0 fully saturated rings. The highest BCUT2D eigenvalue weighted by Gasteiger charge is 2.27. The van der Waals surface area contributed by atoms with Crippen molar-refractivity contribution in [1.29, 1.82) is 0 Å². The van der Waals surface area contributed by atoms with Gasteiger partial charge in [-0.2, -0.15) is 0 Å². The molecule has 36 heavy (non-hydrogen) atoms. The van der Waals surface area contributed by atoms with Crippen molar-refractivity contribution >= 4 is 43.5 Å². The van der Waals surface area contributed by atoms with E-state index in [2.05, 4.69) is 21.2 Å². The van der Waals surface area contributed by atoms with Crippen LogP contribution in [-0.2, 0) is 26.2 Å². The Bertz CT molecular complexity index is 1170. The Balaban J connectivity index is 2.19. The van der Waals surface area contributed by atoms with E-state index in [1.165, 1.54) is 10.6 Å². The minimum Gasteiger partial charge on any atom is -0.352 e. The van der Waals surface area contributed by atoms with E-state index < -0.39 is 16.1 Å². The average molecular weight is 581 g/mol. The average Bonchev–Trinajstić information content (AvgIpc) is 2.80. The van der Waals surface area contributed by atoms with Gasteiger partial charge < -0.3 is 10.2 Å². The minimum atomic E-state index is -3.53. The second-order valence-electron chi connectivity index (χ2n) is 9.35. The first-order valence-electron chi connectivity index (χ1n) is 12.2. The molecule has 0 bridgehead atoms. The van der Waals surface area contributed by atoms with Crippen molar-refractivity contribution in [3.63, 3.8) is 0 Å². The summed E-state index contributed by atoms with van der Waals surface area (Å²) in [5.41, 5.74) is 3.56. The fourth-order valence-electron chi connectivity index (χ4n) is 3.76. The summed E-state index contributed by atoms with van der Waals surface area (Å²) < 4.78 is 27.3. The molecular weight excluding hydrogens is 542 g/mol. The van der Waals surface area contributed by atoms with Crippen LogP contribution in [0.3, 0.4) is 0 Å². The molecule has 0 saturated heterocycles. The Hall–Kier alpha value is -2.39. The van der Waals surface area contributed by atoms with E-state index in [1.54, 1.807) is 17.9 Å². The van der Waals surface area contributed by atoms with Gasteiger partial charge in [-0.15, -0.1) is 0 Å². The van der Waals surface area contributed by atoms with E-state index in [4.69, 9.17) is 0 Å². The minimum absolute atomic E-state index is 0.00376. The van der Waals surface area contributed by atoms with Crippen LogP contribution in [0.15, 0.2) is 46.9 Å². The first kappa shape index (κ1) is 29.8. The number of nitrogens with zero attached hydrogens (tertiary/aromatic N) is 2. The molecule has 2 amide bonds. The van der Waals surface area contributed by atoms with Crippen molar-refractivity contribution in [1.82, 2.24) is 10.2 Å². The van der Waals surface area contributed by atoms with Crippen LogP contribution in [0.2, 0.25) is 0 Å². The van der Waals surface area contributed by atoms with Crippen LogP contribution in [-0.4, -0.2) is 50.0 Å². The zero-order valence-corrected chi connectivity index (χ0v) is 24.4. The van der Waals surface area contributed by atoms with Crippen molar-refractivity contribution in [2.75, 3.05) is 17.1 Å². The molecule has 0 aromatic heterocycles. The van der Waals surface area contributed by atoms with Gasteiger partial charge in [-0.3, -0.25) is 13.9 Å². The molecule has 7 nitrogen and oxygen atoms in total. The van der Waals surface area contributed by atoms with Gasteiger partial charge >= 0.3 is 0 Å². The fraction of sp³-hybridized carbons (Fsp3) is 0.481. The number of anilines is 1. The number of amides is 2. The van der Waals surface area contributed by atoms with E-state index in [0.29, 0.717) is 12.1 Å². The topological polar surface area (TPSA) is 86.8 Å². The Morgan fingerprint density at radius 3 is 2.33 bits per heavy atom. The Morgan fingerprint density at radius 1 is 1.06 bits per heavy atom. The number of rotatable bonds is 12. The molecule has 1 N–H and O–H groups in total. The molecular formula is C27H38BrN3O4S. The monoisotopic (exact) mass is 579 g/mol. The number of nitrogens with one attached hydrogen (secondary N) is 1. The molecule has 0 aliphatic carbocycles. The molecule has 2 atom stereocenters. The third-order valence-corrected chi connectivity index (χ3v) is 8.03. The lowest BCUT2D eigenvalue weighted by atomic mass is 10.1. The predicted octanol–water partition coefficient (Wildman–Crippen LogP) is 4.94. The van der Waals surface area contributed by atoms with Gasteiger partial charge in [0.2, 0.25) is 21.8 Å². The number of hydrogen-bond acceptors (Lipinski definition) is 4. The molecule has 2 aromatic rings. The Kier molecular flexibility index (Phi) is 11.0. The summed E-state index contributed by atoms with van der Waals surface area (Å²) in [5, 5.41) is 2.96. The van der Waals surface area contributed by atoms with Crippen LogP contribution < -0.4 is 9.62 Å². The molecule has 9 heteroatoms. The van der Waals surface area contributed by atoms with E-state index in [1.807, 2.05) is 64.1 Å². The summed E-state index contributed by atoms with van der Waals surface area (Å²) in [7, 11) is -3.53. The maximum absolute atomic E-state index is 13.4. The van der Waals surface area contributed by atoms with Crippen molar-refractivity contribution in [3.05, 3.63) is 63.6 Å². The largest absolute Gasteiger partial charge is 0.352 e. The molecule has 0 aliphatic heterocycles. The lowest BCUT2D eigenvalue weighted by molar-refractivity contribution is -0.140. The summed E-state index contributed by atoms with van der Waals surface area (Å²) in [4.78, 5) is 27.8. The standard InChI is InChI=1S/C27H38BrN3O4S/c1-7-21(4)29-27(33)22(5)30(18-23-10-8-11-24(28)17-23)26(32)12-9-15-31(36(6,34)35)25-14-13-19(2)20(3)16-25/h8,10-11,13-14,16-17,21-22H,7,9,12,15,18H2,1-6H3,(H,29,33)/t21-,22+/m0/s1. The maximum Gasteiger partial charge on any atom is 0.242 e. The second-order valence-corrected chi connectivity index (χ2v) is 12.2. The summed E-state index contributed by atoms with van der Waals surface area (Å²) in [5.74, 6) is -0.407. The fourth-order valence-corrected chi connectivity index (χ4v) is 5.17. The van der Waals surface area contributed by atoms with Crippen LogP contribution in [0.1, 0.15) is 56.7 Å². The zero-order valence-electron chi connectivity index (χ0n) is 22.0. The van der Waals surface area contributed by atoms with Gasteiger partial charge in [0, 0.05) is 30.0 Å². The van der Waals surface area contributed by atoms with E-state index in [0.717, 1.165) is 27.6 Å². The van der Waals surface area contributed by atoms with Gasteiger partial charge in [-0.1, -0.05) is 41.1 Å². The first-order valence-corrected chi connectivity index (χ1v) is 14.9. The molecule has 0 unspecified atom stereocenters. The first-order chi connectivity index (χ1) is 16.8. The third kappa shape index (κ3) is 8.62. The molecule has 0 aliphatic rings. The van der Waals surface area contributed by atoms with Crippen LogP contribution >= 0.6 is 15.9 Å². The number of halogens is 1. The Morgan fingerprint density at radius 2 is 1.75 bits per heavy atom. The number of benzene rings is 2. The number of hydrogen-bond donors (Lipinski definition) is 1. The quantitative estimate of drug-likeness (QED) is 0.385. The molecule has 0 heterocycles. The van der Waals surface area contributed by atoms with Crippen molar-refractivity contribution in [2.45, 2.75) is 72.5 Å². The molecule has 0 saturated carbocycles. The van der Waals surface area contributed by atoms with Gasteiger partial charge in [0.05, 0.1) is 11.9 Å². The second kappa shape index (κ2) is 13.2. The third-order valence-electron chi connectivity index (χ3n) is 6.34. The lowest BCUT2D eigenvalue weighted by Crippen LogP contribution is -2.49. The predicted molar refractivity (Wildman–Crippen MR) is 149 cm³/mol. The van der Waals surface area contributed by atoms with Crippen LogP contribution in [0.25, 0.3) is 0 Å². The highest BCUT2D eigenvalue weighted by molar-refractivity contribution is 9.10. The number of carbonyl (C=O) groups is 2. The number of sulfonamides is 1. The normalized spacial score (nSPS) is 13.1. The van der Waals surface area contributed by atoms with E-state index >= 15 is 0 Å². The highest BCUT2D eigenvalue weighted by Crippen LogP contribution is 2.22. The molecule has 2 aromatic carbocycles. The molecule has 198 valence electrons. The summed E-state index contributed by atoms with van der Waals surface area (Å²) in [6, 6.07) is 12.5. The molecule has 2 rings (SSSR count). The SMILES string of the molecule is CC[C@H](C)NC(=O)[C@@H](C)N(Cc1cccc(Br)c1)C(=O)CCCN(c1ccc(C)c(C)c1)S(C)(=O)=O. The van der Waals surface area contributed by atoms with E-state index in [-0.39, 0.29) is 37.4 Å². The van der Waals surface area contributed by atoms with E-state index in [9.17, 15) is 18.0 Å². The van der Waals surface area contributed by atoms with Crippen molar-refractivity contribution < 1.29 is 18.0 Å². The van der Waals surface area contributed by atoms with Crippen molar-refractivity contribution in [2.24, 2.45) is 0 Å². The Labute approximate surface area is 224 Å². The molecule has 0 radical (unpaired) electrons. The lowest BCUT2D eigenvalue weighted by Gasteiger charge is -2.30. The van der Waals surface area contributed by atoms with Crippen LogP contribution in [0.5, 0.6) is 0 Å². The van der Waals surface area contributed by atoms with Gasteiger partial charge in [-0.25, -0.2) is 8.42 Å². The summed E-state index contributed by atoms with van der Waals surface area (Å²) >= 11 is 3.46. The molecule has 0 spiro atoms. The smallest absolute Gasteiger partial charge is 0.242 e. The summed E-state index contributed by atoms with van der Waals surface area (Å²) in [6.45, 7) is 10.0. The zero-order chi connectivity index (χ0) is 27.0. The summed E-state index contributed by atoms with van der Waals surface area (Å²) in [6.07, 6.45) is 2.40. The van der Waals surface area contributed by atoms with Crippen LogP contribution in [0, 0.1) is 13.8 Å². The van der Waals surface area contributed by atoms with Crippen LogP contribution in [0.4, 0.5) is 5.69 Å². The highest BCUT2D eigenvalue weighted by atomic mass is 79.9. The van der Waals surface area contributed by atoms with Gasteiger partial charge in [0.25, 0.3) is 0 Å². The number of aryl methyl sites for hydroxylation is 2. The van der Waals surface area contributed by atoms with Gasteiger partial charge in [-0.05, 0) is 81.5 Å². The van der Waals surface area contributed by atoms with Crippen molar-refractivity contribution in [3.8, 4) is 0 Å². The maximum atomic E-state index is 13.4.